The summed E-state index contributed by atoms with van der Waals surface area (Å²) in [4.78, 5) is 31.3. The Morgan fingerprint density at radius 1 is 1.00 bits per heavy atom. The van der Waals surface area contributed by atoms with Crippen LogP contribution in [0, 0.1) is 5.82 Å². The molecule has 0 aliphatic rings. The summed E-state index contributed by atoms with van der Waals surface area (Å²) in [5, 5.41) is 6.00. The molecule has 3 aromatic rings. The van der Waals surface area contributed by atoms with Crippen LogP contribution in [-0.2, 0) is 14.3 Å². The van der Waals surface area contributed by atoms with E-state index in [4.69, 9.17) is 20.9 Å². The lowest BCUT2D eigenvalue weighted by Gasteiger charge is -2.16. The van der Waals surface area contributed by atoms with Gasteiger partial charge in [-0.25, -0.2) is 9.37 Å². The Morgan fingerprint density at radius 2 is 1.79 bits per heavy atom. The molecule has 0 saturated heterocycles. The molecule has 0 bridgehead atoms. The number of nitrogens with two attached hydrogens (primary N) is 2. The van der Waals surface area contributed by atoms with Crippen LogP contribution in [0.2, 0.25) is 0 Å². The zero-order valence-corrected chi connectivity index (χ0v) is 21.3. The Balaban J connectivity index is 1.65. The van der Waals surface area contributed by atoms with Crippen LogP contribution in [0.5, 0.6) is 5.75 Å². The van der Waals surface area contributed by atoms with Crippen molar-refractivity contribution >= 4 is 35.0 Å². The molecule has 0 spiro atoms. The molecule has 0 radical (unpaired) electrons. The second-order valence-electron chi connectivity index (χ2n) is 8.65. The van der Waals surface area contributed by atoms with E-state index in [1.807, 2.05) is 0 Å². The second kappa shape index (κ2) is 14.5. The molecule has 1 heterocycles. The molecule has 6 N–H and O–H groups in total. The summed E-state index contributed by atoms with van der Waals surface area (Å²) in [7, 11) is 1.61. The van der Waals surface area contributed by atoms with Gasteiger partial charge in [-0.05, 0) is 54.8 Å². The highest BCUT2D eigenvalue weighted by atomic mass is 19.1. The van der Waals surface area contributed by atoms with Gasteiger partial charge in [-0.1, -0.05) is 25.0 Å². The third kappa shape index (κ3) is 9.00. The number of carbonyl (C=O) groups is 2. The topological polar surface area (TPSA) is 154 Å². The summed E-state index contributed by atoms with van der Waals surface area (Å²) in [5.41, 5.74) is 12.8. The molecule has 0 aliphatic carbocycles. The fourth-order valence-corrected chi connectivity index (χ4v) is 3.79. The van der Waals surface area contributed by atoms with Crippen molar-refractivity contribution in [3.8, 4) is 5.75 Å². The average Bonchev–Trinajstić information content (AvgIpc) is 2.89. The van der Waals surface area contributed by atoms with Gasteiger partial charge in [-0.2, -0.15) is 4.98 Å². The van der Waals surface area contributed by atoms with E-state index >= 15 is 0 Å². The lowest BCUT2D eigenvalue weighted by atomic mass is 9.92. The average molecular weight is 525 g/mol. The van der Waals surface area contributed by atoms with Crippen molar-refractivity contribution in [1.82, 2.24) is 9.97 Å². The van der Waals surface area contributed by atoms with Crippen molar-refractivity contribution in [3.63, 3.8) is 0 Å². The highest BCUT2D eigenvalue weighted by Gasteiger charge is 2.18. The molecule has 2 amide bonds. The first kappa shape index (κ1) is 28.3. The number of amides is 2. The smallest absolute Gasteiger partial charge is 0.229 e. The molecule has 202 valence electrons. The van der Waals surface area contributed by atoms with Gasteiger partial charge in [0.2, 0.25) is 17.8 Å². The largest absolute Gasteiger partial charge is 0.491 e. The first-order chi connectivity index (χ1) is 18.4. The van der Waals surface area contributed by atoms with Crippen molar-refractivity contribution in [2.24, 2.45) is 11.5 Å². The number of rotatable bonds is 16. The van der Waals surface area contributed by atoms with E-state index in [9.17, 15) is 14.0 Å². The highest BCUT2D eigenvalue weighted by Crippen LogP contribution is 2.27. The zero-order valence-electron chi connectivity index (χ0n) is 21.3. The minimum atomic E-state index is -0.635. The summed E-state index contributed by atoms with van der Waals surface area (Å²) in [6.45, 7) is 0.932. The number of nitrogens with zero attached hydrogens (tertiary/aromatic N) is 2. The number of methoxy groups -OCH3 is 1. The van der Waals surface area contributed by atoms with Crippen LogP contribution in [0.25, 0.3) is 0 Å². The van der Waals surface area contributed by atoms with E-state index in [-0.39, 0.29) is 17.7 Å². The number of hydrogen-bond donors (Lipinski definition) is 4. The van der Waals surface area contributed by atoms with Crippen LogP contribution in [0.3, 0.4) is 0 Å². The summed E-state index contributed by atoms with van der Waals surface area (Å²) in [6.07, 6.45) is 4.06. The fraction of sp³-hybridized carbons (Fsp3) is 0.333. The second-order valence-corrected chi connectivity index (χ2v) is 8.65. The van der Waals surface area contributed by atoms with Crippen molar-refractivity contribution in [3.05, 3.63) is 66.1 Å². The zero-order chi connectivity index (χ0) is 27.3. The third-order valence-corrected chi connectivity index (χ3v) is 5.72. The van der Waals surface area contributed by atoms with Gasteiger partial charge in [0.1, 0.15) is 12.4 Å². The Hall–Kier alpha value is -4.25. The van der Waals surface area contributed by atoms with Crippen molar-refractivity contribution < 1.29 is 23.5 Å². The van der Waals surface area contributed by atoms with Crippen LogP contribution >= 0.6 is 0 Å². The molecule has 11 heteroatoms. The molecule has 38 heavy (non-hydrogen) atoms. The van der Waals surface area contributed by atoms with E-state index in [1.54, 1.807) is 55.6 Å². The van der Waals surface area contributed by atoms with Crippen molar-refractivity contribution in [2.45, 2.75) is 38.0 Å². The van der Waals surface area contributed by atoms with Gasteiger partial charge in [-0.3, -0.25) is 9.59 Å². The molecule has 2 aromatic carbocycles. The minimum Gasteiger partial charge on any atom is -0.491 e. The van der Waals surface area contributed by atoms with Crippen LogP contribution in [0.15, 0.2) is 54.7 Å². The predicted molar refractivity (Wildman–Crippen MR) is 143 cm³/mol. The van der Waals surface area contributed by atoms with Crippen LogP contribution in [0.1, 0.15) is 43.6 Å². The summed E-state index contributed by atoms with van der Waals surface area (Å²) in [6, 6.07) is 14.2. The molecule has 1 atom stereocenters. The highest BCUT2D eigenvalue weighted by molar-refractivity contribution is 5.82. The molecular formula is C27H33FN6O4. The molecule has 0 saturated carbocycles. The molecule has 3 rings (SSSR count). The lowest BCUT2D eigenvalue weighted by molar-refractivity contribution is -0.120. The number of halogens is 1. The number of carbonyl (C=O) groups excluding carboxylic acids is 2. The van der Waals surface area contributed by atoms with Crippen molar-refractivity contribution in [1.29, 1.82) is 0 Å². The summed E-state index contributed by atoms with van der Waals surface area (Å²) in [5.74, 6) is -1.08. The molecule has 10 nitrogen and oxygen atoms in total. The quantitative estimate of drug-likeness (QED) is 0.204. The van der Waals surface area contributed by atoms with Gasteiger partial charge in [-0.15, -0.1) is 0 Å². The van der Waals surface area contributed by atoms with Gasteiger partial charge >= 0.3 is 0 Å². The van der Waals surface area contributed by atoms with Crippen LogP contribution in [-0.4, -0.2) is 42.1 Å². The number of benzene rings is 2. The number of hydrogen-bond acceptors (Lipinski definition) is 8. The maximum atomic E-state index is 14.5. The third-order valence-electron chi connectivity index (χ3n) is 5.72. The molecule has 1 aromatic heterocycles. The maximum absolute atomic E-state index is 14.5. The van der Waals surface area contributed by atoms with E-state index in [2.05, 4.69) is 20.6 Å². The number of unbranched alkanes of at least 4 members (excludes halogenated alkanes) is 2. The van der Waals surface area contributed by atoms with Gasteiger partial charge in [0.15, 0.2) is 11.6 Å². The Labute approximate surface area is 220 Å². The Bertz CT molecular complexity index is 1210. The van der Waals surface area contributed by atoms with Crippen molar-refractivity contribution in [2.75, 3.05) is 31.0 Å². The lowest BCUT2D eigenvalue weighted by Crippen LogP contribution is -2.21. The number of anilines is 4. The number of ether oxygens (including phenoxy) is 2. The fourth-order valence-electron chi connectivity index (χ4n) is 3.79. The Kier molecular flexibility index (Phi) is 10.8. The SMILES string of the molecule is COCCOc1ccc(Nc2ncc(F)c(Nc3cccc(C(CCCCCC(N)=O)C(N)=O)c3)n2)cc1. The van der Waals surface area contributed by atoms with E-state index < -0.39 is 17.6 Å². The molecule has 1 unspecified atom stereocenters. The first-order valence-electron chi connectivity index (χ1n) is 12.3. The monoisotopic (exact) mass is 524 g/mol. The van der Waals surface area contributed by atoms with Gasteiger partial charge in [0.05, 0.1) is 18.7 Å². The van der Waals surface area contributed by atoms with E-state index in [1.165, 1.54) is 0 Å². The standard InChI is InChI=1S/C27H33FN6O4/c1-37-14-15-38-21-12-10-19(11-13-21)33-27-31-17-23(28)26(34-27)32-20-7-5-6-18(16-20)22(25(30)36)8-3-2-4-9-24(29)35/h5-7,10-13,16-17,22H,2-4,8-9,14-15H2,1H3,(H2,29,35)(H2,30,36)(H2,31,32,33,34). The van der Waals surface area contributed by atoms with Crippen LogP contribution < -0.4 is 26.8 Å². The number of nitrogens with one attached hydrogen (secondary N) is 2. The van der Waals surface area contributed by atoms with E-state index in [0.717, 1.165) is 12.6 Å². The molecule has 0 aliphatic heterocycles. The summed E-state index contributed by atoms with van der Waals surface area (Å²) < 4.78 is 25.0. The minimum absolute atomic E-state index is 0.0266. The number of primary amides is 2. The molecule has 0 fully saturated rings. The normalized spacial score (nSPS) is 11.5. The number of aromatic nitrogens is 2. The van der Waals surface area contributed by atoms with Gasteiger partial charge in [0.25, 0.3) is 0 Å². The summed E-state index contributed by atoms with van der Waals surface area (Å²) >= 11 is 0. The Morgan fingerprint density at radius 3 is 2.50 bits per heavy atom. The van der Waals surface area contributed by atoms with Gasteiger partial charge in [0, 0.05) is 24.9 Å². The van der Waals surface area contributed by atoms with Gasteiger partial charge < -0.3 is 31.6 Å². The first-order valence-corrected chi connectivity index (χ1v) is 12.3. The maximum Gasteiger partial charge on any atom is 0.229 e. The van der Waals surface area contributed by atoms with E-state index in [0.29, 0.717) is 61.6 Å². The van der Waals surface area contributed by atoms with Crippen LogP contribution in [0.4, 0.5) is 27.5 Å². The predicted octanol–water partition coefficient (Wildman–Crippen LogP) is 4.13. The molecular weight excluding hydrogens is 491 g/mol.